The molecule has 0 aliphatic carbocycles. The van der Waals surface area contributed by atoms with E-state index in [1.807, 2.05) is 38.1 Å². The van der Waals surface area contributed by atoms with E-state index < -0.39 is 0 Å². The second-order valence-electron chi connectivity index (χ2n) is 7.10. The molecule has 0 bridgehead atoms. The Kier molecular flexibility index (Phi) is 5.83. The molecule has 3 heterocycles. The quantitative estimate of drug-likeness (QED) is 0.612. The number of urea groups is 1. The summed E-state index contributed by atoms with van der Waals surface area (Å²) in [5.41, 5.74) is 2.36. The first-order chi connectivity index (χ1) is 14.4. The van der Waals surface area contributed by atoms with Crippen molar-refractivity contribution < 1.29 is 9.21 Å². The van der Waals surface area contributed by atoms with Crippen molar-refractivity contribution in [1.82, 2.24) is 14.9 Å². The Morgan fingerprint density at radius 3 is 2.57 bits per heavy atom. The Morgan fingerprint density at radius 1 is 1.13 bits per heavy atom. The van der Waals surface area contributed by atoms with Gasteiger partial charge in [0.25, 0.3) is 0 Å². The first-order valence-electron chi connectivity index (χ1n) is 9.57. The maximum Gasteiger partial charge on any atom is 0.321 e. The zero-order chi connectivity index (χ0) is 21.3. The van der Waals surface area contributed by atoms with Gasteiger partial charge in [0, 0.05) is 43.6 Å². The fourth-order valence-corrected chi connectivity index (χ4v) is 3.79. The summed E-state index contributed by atoms with van der Waals surface area (Å²) in [5, 5.41) is 3.96. The summed E-state index contributed by atoms with van der Waals surface area (Å²) in [6.45, 7) is 6.17. The smallest absolute Gasteiger partial charge is 0.321 e. The number of hydrogen-bond acceptors (Lipinski definition) is 5. The van der Waals surface area contributed by atoms with Gasteiger partial charge in [-0.2, -0.15) is 0 Å². The zero-order valence-corrected chi connectivity index (χ0v) is 18.2. The molecule has 1 saturated heterocycles. The molecule has 0 unspecified atom stereocenters. The van der Waals surface area contributed by atoms with E-state index >= 15 is 0 Å². The highest BCUT2D eigenvalue weighted by Crippen LogP contribution is 2.27. The van der Waals surface area contributed by atoms with Gasteiger partial charge in [0.05, 0.1) is 15.7 Å². The summed E-state index contributed by atoms with van der Waals surface area (Å²) in [4.78, 5) is 25.3. The fourth-order valence-electron chi connectivity index (χ4n) is 3.29. The number of aromatic nitrogens is 2. The van der Waals surface area contributed by atoms with Crippen molar-refractivity contribution in [3.63, 3.8) is 0 Å². The summed E-state index contributed by atoms with van der Waals surface area (Å²) < 4.78 is 5.68. The van der Waals surface area contributed by atoms with Crippen LogP contribution in [-0.2, 0) is 0 Å². The lowest BCUT2D eigenvalue weighted by Gasteiger charge is -2.35. The summed E-state index contributed by atoms with van der Waals surface area (Å²) in [5.74, 6) is 2.01. The minimum absolute atomic E-state index is 0.151. The third kappa shape index (κ3) is 4.37. The highest BCUT2D eigenvalue weighted by molar-refractivity contribution is 6.36. The van der Waals surface area contributed by atoms with E-state index in [9.17, 15) is 4.79 Å². The van der Waals surface area contributed by atoms with Gasteiger partial charge >= 0.3 is 6.03 Å². The first-order valence-corrected chi connectivity index (χ1v) is 10.3. The molecule has 1 aliphatic rings. The van der Waals surface area contributed by atoms with E-state index in [0.29, 0.717) is 53.6 Å². The van der Waals surface area contributed by atoms with Crippen LogP contribution in [-0.4, -0.2) is 47.1 Å². The van der Waals surface area contributed by atoms with E-state index in [4.69, 9.17) is 27.6 Å². The minimum Gasteiger partial charge on any atom is -0.441 e. The number of halogens is 2. The minimum atomic E-state index is -0.151. The lowest BCUT2D eigenvalue weighted by molar-refractivity contribution is 0.208. The number of pyridine rings is 1. The second kappa shape index (κ2) is 8.53. The molecule has 4 rings (SSSR count). The molecule has 156 valence electrons. The monoisotopic (exact) mass is 445 g/mol. The van der Waals surface area contributed by atoms with Crippen LogP contribution in [0.3, 0.4) is 0 Å². The van der Waals surface area contributed by atoms with Crippen molar-refractivity contribution in [3.05, 3.63) is 58.0 Å². The van der Waals surface area contributed by atoms with E-state index in [0.717, 1.165) is 17.0 Å². The van der Waals surface area contributed by atoms with Gasteiger partial charge in [-0.3, -0.25) is 0 Å². The molecule has 9 heteroatoms. The van der Waals surface area contributed by atoms with Crippen LogP contribution in [0.2, 0.25) is 10.0 Å². The Hall–Kier alpha value is -2.77. The standard InChI is InChI=1S/C21H21Cl2N5O2/c1-13-14(2)30-20(25-13)15-4-3-5-17(10-15)26-21(29)28-8-6-27(7-9-28)19-18(23)11-16(22)12-24-19/h3-5,10-12H,6-9H2,1-2H3,(H,26,29). The molecular weight excluding hydrogens is 425 g/mol. The second-order valence-corrected chi connectivity index (χ2v) is 7.95. The van der Waals surface area contributed by atoms with Crippen LogP contribution in [0.15, 0.2) is 40.9 Å². The largest absolute Gasteiger partial charge is 0.441 e. The maximum atomic E-state index is 12.7. The molecule has 1 N–H and O–H groups in total. The normalized spacial score (nSPS) is 14.1. The number of carbonyl (C=O) groups is 1. The number of nitrogens with one attached hydrogen (secondary N) is 1. The number of nitrogens with zero attached hydrogens (tertiary/aromatic N) is 4. The lowest BCUT2D eigenvalue weighted by Crippen LogP contribution is -2.50. The molecule has 2 amide bonds. The number of amides is 2. The van der Waals surface area contributed by atoms with Gasteiger partial charge in [0.15, 0.2) is 0 Å². The van der Waals surface area contributed by atoms with Gasteiger partial charge in [-0.15, -0.1) is 0 Å². The van der Waals surface area contributed by atoms with Crippen LogP contribution < -0.4 is 10.2 Å². The van der Waals surface area contributed by atoms with Crippen LogP contribution in [0.25, 0.3) is 11.5 Å². The molecule has 1 aromatic carbocycles. The third-order valence-electron chi connectivity index (χ3n) is 5.04. The Labute approximate surface area is 184 Å². The van der Waals surface area contributed by atoms with Crippen molar-refractivity contribution in [2.24, 2.45) is 0 Å². The molecular formula is C21H21Cl2N5O2. The molecule has 1 fully saturated rings. The van der Waals surface area contributed by atoms with Crippen LogP contribution in [0.5, 0.6) is 0 Å². The molecule has 0 spiro atoms. The Bertz CT molecular complexity index is 1060. The molecule has 30 heavy (non-hydrogen) atoms. The number of oxazole rings is 1. The lowest BCUT2D eigenvalue weighted by atomic mass is 10.2. The van der Waals surface area contributed by atoms with Crippen molar-refractivity contribution in [1.29, 1.82) is 0 Å². The molecule has 2 aromatic heterocycles. The molecule has 3 aromatic rings. The topological polar surface area (TPSA) is 74.5 Å². The van der Waals surface area contributed by atoms with Gasteiger partial charge < -0.3 is 19.5 Å². The molecule has 0 radical (unpaired) electrons. The van der Waals surface area contributed by atoms with Crippen molar-refractivity contribution in [3.8, 4) is 11.5 Å². The summed E-state index contributed by atoms with van der Waals surface area (Å²) in [6, 6.07) is 9.00. The van der Waals surface area contributed by atoms with Gasteiger partial charge in [0.2, 0.25) is 5.89 Å². The average Bonchev–Trinajstić information content (AvgIpc) is 3.07. The van der Waals surface area contributed by atoms with E-state index in [1.165, 1.54) is 0 Å². The van der Waals surface area contributed by atoms with Gasteiger partial charge in [-0.25, -0.2) is 14.8 Å². The fraction of sp³-hybridized carbons (Fsp3) is 0.286. The Morgan fingerprint density at radius 2 is 1.90 bits per heavy atom. The number of benzene rings is 1. The number of anilines is 2. The van der Waals surface area contributed by atoms with Crippen LogP contribution >= 0.6 is 23.2 Å². The number of rotatable bonds is 3. The van der Waals surface area contributed by atoms with Crippen molar-refractivity contribution in [2.45, 2.75) is 13.8 Å². The van der Waals surface area contributed by atoms with Crippen LogP contribution in [0, 0.1) is 13.8 Å². The molecule has 0 atom stereocenters. The number of hydrogen-bond donors (Lipinski definition) is 1. The van der Waals surface area contributed by atoms with Crippen LogP contribution in [0.4, 0.5) is 16.3 Å². The van der Waals surface area contributed by atoms with Gasteiger partial charge in [0.1, 0.15) is 11.6 Å². The van der Waals surface area contributed by atoms with Crippen molar-refractivity contribution in [2.75, 3.05) is 36.4 Å². The van der Waals surface area contributed by atoms with Crippen LogP contribution in [0.1, 0.15) is 11.5 Å². The predicted octanol–water partition coefficient (Wildman–Crippen LogP) is 5.01. The highest BCUT2D eigenvalue weighted by Gasteiger charge is 2.23. The highest BCUT2D eigenvalue weighted by atomic mass is 35.5. The van der Waals surface area contributed by atoms with Crippen molar-refractivity contribution >= 4 is 40.7 Å². The van der Waals surface area contributed by atoms with E-state index in [-0.39, 0.29) is 6.03 Å². The summed E-state index contributed by atoms with van der Waals surface area (Å²) >= 11 is 12.2. The summed E-state index contributed by atoms with van der Waals surface area (Å²) in [7, 11) is 0. The Balaban J connectivity index is 1.39. The molecule has 7 nitrogen and oxygen atoms in total. The predicted molar refractivity (Wildman–Crippen MR) is 118 cm³/mol. The number of aryl methyl sites for hydroxylation is 2. The third-order valence-corrected chi connectivity index (χ3v) is 5.53. The number of piperazine rings is 1. The van der Waals surface area contributed by atoms with Gasteiger partial charge in [-0.1, -0.05) is 29.3 Å². The SMILES string of the molecule is Cc1nc(-c2cccc(NC(=O)N3CCN(c4ncc(Cl)cc4Cl)CC3)c2)oc1C. The number of carbonyl (C=O) groups excluding carboxylic acids is 1. The van der Waals surface area contributed by atoms with E-state index in [1.54, 1.807) is 17.2 Å². The summed E-state index contributed by atoms with van der Waals surface area (Å²) in [6.07, 6.45) is 1.58. The molecule has 1 aliphatic heterocycles. The zero-order valence-electron chi connectivity index (χ0n) is 16.7. The van der Waals surface area contributed by atoms with E-state index in [2.05, 4.69) is 20.2 Å². The average molecular weight is 446 g/mol. The maximum absolute atomic E-state index is 12.7. The first kappa shape index (κ1) is 20.5. The molecule has 0 saturated carbocycles. The van der Waals surface area contributed by atoms with Gasteiger partial charge in [-0.05, 0) is 38.1 Å².